The quantitative estimate of drug-likeness (QED) is 0.266. The number of anilines is 2. The summed E-state index contributed by atoms with van der Waals surface area (Å²) in [5.74, 6) is 0.153. The Kier molecular flexibility index (Phi) is 5.84. The van der Waals surface area contributed by atoms with Crippen LogP contribution in [0, 0.1) is 5.82 Å². The number of nitrogens with one attached hydrogen (secondary N) is 1. The second-order valence-corrected chi connectivity index (χ2v) is 8.06. The highest BCUT2D eigenvalue weighted by Gasteiger charge is 2.44. The van der Waals surface area contributed by atoms with Crippen LogP contribution in [0.5, 0.6) is 0 Å². The van der Waals surface area contributed by atoms with Crippen LogP contribution in [-0.4, -0.2) is 59.8 Å². The van der Waals surface area contributed by atoms with E-state index in [0.717, 1.165) is 16.7 Å². The number of nitrogen functional groups attached to an aromatic ring is 1. The van der Waals surface area contributed by atoms with Crippen LogP contribution in [0.4, 0.5) is 15.9 Å². The van der Waals surface area contributed by atoms with Crippen LogP contribution in [-0.2, 0) is 11.3 Å². The standard InChI is InChI=1S/C23H23FN6O4/c24-14-4-2-13(3-5-14)15-7-12(1-6-16(15)25)8-26-21-18-22(28-10-27-21)30(11-29-18)23-20(33)19(32)17(9-31)34-23/h1-7,10-11,17,19-20,23,31-33H,8-9,25H2,(H,26,27,28)/t17-,19-,20-,23-/m1/s1. The van der Waals surface area contributed by atoms with Crippen molar-refractivity contribution in [2.75, 3.05) is 17.7 Å². The van der Waals surface area contributed by atoms with Crippen LogP contribution < -0.4 is 11.1 Å². The molecule has 10 nitrogen and oxygen atoms in total. The summed E-state index contributed by atoms with van der Waals surface area (Å²) in [5.41, 5.74) is 10.1. The Balaban J connectivity index is 1.38. The lowest BCUT2D eigenvalue weighted by atomic mass is 10.0. The summed E-state index contributed by atoms with van der Waals surface area (Å²) >= 11 is 0. The molecule has 0 spiro atoms. The van der Waals surface area contributed by atoms with Gasteiger partial charge in [-0.1, -0.05) is 18.2 Å². The first-order valence-corrected chi connectivity index (χ1v) is 10.6. The summed E-state index contributed by atoms with van der Waals surface area (Å²) in [4.78, 5) is 12.9. The van der Waals surface area contributed by atoms with Crippen LogP contribution in [0.2, 0.25) is 0 Å². The van der Waals surface area contributed by atoms with Crippen molar-refractivity contribution in [2.45, 2.75) is 31.1 Å². The number of hydrogen-bond acceptors (Lipinski definition) is 9. The van der Waals surface area contributed by atoms with Crippen LogP contribution in [0.15, 0.2) is 55.1 Å². The predicted octanol–water partition coefficient (Wildman–Crippen LogP) is 1.44. The van der Waals surface area contributed by atoms with Gasteiger partial charge in [-0.05, 0) is 35.4 Å². The summed E-state index contributed by atoms with van der Waals surface area (Å²) in [6, 6.07) is 11.7. The molecular weight excluding hydrogens is 443 g/mol. The number of rotatable bonds is 6. The maximum Gasteiger partial charge on any atom is 0.167 e. The van der Waals surface area contributed by atoms with Gasteiger partial charge >= 0.3 is 0 Å². The molecule has 1 fully saturated rings. The van der Waals surface area contributed by atoms with E-state index in [-0.39, 0.29) is 5.82 Å². The van der Waals surface area contributed by atoms with Crippen LogP contribution in [0.1, 0.15) is 11.8 Å². The molecule has 5 rings (SSSR count). The molecule has 1 saturated heterocycles. The highest BCUT2D eigenvalue weighted by Crippen LogP contribution is 2.32. The molecule has 0 amide bonds. The van der Waals surface area contributed by atoms with E-state index in [1.54, 1.807) is 18.2 Å². The molecule has 34 heavy (non-hydrogen) atoms. The second-order valence-electron chi connectivity index (χ2n) is 8.06. The first kappa shape index (κ1) is 22.2. The van der Waals surface area contributed by atoms with E-state index in [1.807, 2.05) is 12.1 Å². The SMILES string of the molecule is Nc1ccc(CNc2ncnc3c2ncn3[C@@H]2O[C@H](CO)[C@@H](O)[C@H]2O)cc1-c1ccc(F)cc1. The number of ether oxygens (including phenoxy) is 1. The van der Waals surface area contributed by atoms with Gasteiger partial charge in [0, 0.05) is 17.8 Å². The van der Waals surface area contributed by atoms with E-state index in [9.17, 15) is 19.7 Å². The number of nitrogens with zero attached hydrogens (tertiary/aromatic N) is 4. The number of halogens is 1. The molecule has 4 atom stereocenters. The number of aliphatic hydroxyl groups excluding tert-OH is 3. The van der Waals surface area contributed by atoms with Crippen molar-refractivity contribution in [2.24, 2.45) is 0 Å². The largest absolute Gasteiger partial charge is 0.398 e. The maximum atomic E-state index is 13.3. The smallest absolute Gasteiger partial charge is 0.167 e. The fourth-order valence-electron chi connectivity index (χ4n) is 4.06. The van der Waals surface area contributed by atoms with Crippen molar-refractivity contribution in [1.82, 2.24) is 19.5 Å². The minimum atomic E-state index is -1.25. The van der Waals surface area contributed by atoms with Gasteiger partial charge in [0.15, 0.2) is 23.2 Å². The number of hydrogen-bond donors (Lipinski definition) is 5. The first-order valence-electron chi connectivity index (χ1n) is 10.6. The molecule has 0 aliphatic carbocycles. The van der Waals surface area contributed by atoms with Gasteiger partial charge in [0.2, 0.25) is 0 Å². The molecule has 3 heterocycles. The van der Waals surface area contributed by atoms with Gasteiger partial charge in [0.05, 0.1) is 12.9 Å². The first-order chi connectivity index (χ1) is 16.5. The summed E-state index contributed by atoms with van der Waals surface area (Å²) < 4.78 is 20.4. The molecule has 4 aromatic rings. The Hall–Kier alpha value is -3.64. The normalized spacial score (nSPS) is 22.4. The predicted molar refractivity (Wildman–Crippen MR) is 122 cm³/mol. The van der Waals surface area contributed by atoms with Crippen molar-refractivity contribution < 1.29 is 24.4 Å². The third kappa shape index (κ3) is 3.94. The highest BCUT2D eigenvalue weighted by molar-refractivity contribution is 5.83. The van der Waals surface area contributed by atoms with E-state index < -0.39 is 31.1 Å². The van der Waals surface area contributed by atoms with E-state index >= 15 is 0 Å². The van der Waals surface area contributed by atoms with E-state index in [1.165, 1.54) is 29.4 Å². The molecular formula is C23H23FN6O4. The van der Waals surface area contributed by atoms with E-state index in [0.29, 0.717) is 29.2 Å². The Morgan fingerprint density at radius 1 is 1.06 bits per heavy atom. The van der Waals surface area contributed by atoms with Crippen molar-refractivity contribution in [3.05, 3.63) is 66.5 Å². The number of benzene rings is 2. The molecule has 2 aromatic heterocycles. The molecule has 6 N–H and O–H groups in total. The van der Waals surface area contributed by atoms with E-state index in [2.05, 4.69) is 20.3 Å². The van der Waals surface area contributed by atoms with Gasteiger partial charge < -0.3 is 31.1 Å². The number of nitrogens with two attached hydrogens (primary N) is 1. The lowest BCUT2D eigenvalue weighted by Crippen LogP contribution is -2.33. The van der Waals surface area contributed by atoms with Gasteiger partial charge in [-0.25, -0.2) is 19.3 Å². The number of imidazole rings is 1. The summed E-state index contributed by atoms with van der Waals surface area (Å²) in [7, 11) is 0. The molecule has 0 saturated carbocycles. The molecule has 0 bridgehead atoms. The molecule has 0 radical (unpaired) electrons. The highest BCUT2D eigenvalue weighted by atomic mass is 19.1. The monoisotopic (exact) mass is 466 g/mol. The molecule has 11 heteroatoms. The van der Waals surface area contributed by atoms with Gasteiger partial charge in [0.25, 0.3) is 0 Å². The Morgan fingerprint density at radius 2 is 1.85 bits per heavy atom. The van der Waals surface area contributed by atoms with Crippen LogP contribution in [0.3, 0.4) is 0 Å². The molecule has 2 aromatic carbocycles. The van der Waals surface area contributed by atoms with Gasteiger partial charge in [0.1, 0.15) is 30.5 Å². The zero-order chi connectivity index (χ0) is 23.8. The minimum Gasteiger partial charge on any atom is -0.398 e. The lowest BCUT2D eigenvalue weighted by molar-refractivity contribution is -0.0511. The molecule has 1 aliphatic rings. The topological polar surface area (TPSA) is 152 Å². The van der Waals surface area contributed by atoms with E-state index in [4.69, 9.17) is 10.5 Å². The summed E-state index contributed by atoms with van der Waals surface area (Å²) in [6.45, 7) is -0.0219. The zero-order valence-corrected chi connectivity index (χ0v) is 17.9. The molecule has 1 aliphatic heterocycles. The van der Waals surface area contributed by atoms with Gasteiger partial charge in [-0.2, -0.15) is 0 Å². The lowest BCUT2D eigenvalue weighted by Gasteiger charge is -2.16. The fraction of sp³-hybridized carbons (Fsp3) is 0.261. The summed E-state index contributed by atoms with van der Waals surface area (Å²) in [5, 5.41) is 33.0. The van der Waals surface area contributed by atoms with Crippen molar-refractivity contribution in [1.29, 1.82) is 0 Å². The average molecular weight is 466 g/mol. The van der Waals surface area contributed by atoms with Crippen LogP contribution in [0.25, 0.3) is 22.3 Å². The van der Waals surface area contributed by atoms with Crippen molar-refractivity contribution >= 4 is 22.7 Å². The summed E-state index contributed by atoms with van der Waals surface area (Å²) in [6.07, 6.45) is -1.53. The Morgan fingerprint density at radius 3 is 2.59 bits per heavy atom. The molecule has 176 valence electrons. The number of fused-ring (bicyclic) bond motifs is 1. The second kappa shape index (κ2) is 8.95. The molecule has 0 unspecified atom stereocenters. The maximum absolute atomic E-state index is 13.3. The minimum absolute atomic E-state index is 0.315. The Labute approximate surface area is 193 Å². The van der Waals surface area contributed by atoms with Gasteiger partial charge in [-0.3, -0.25) is 4.57 Å². The third-order valence-electron chi connectivity index (χ3n) is 5.88. The zero-order valence-electron chi connectivity index (χ0n) is 17.9. The van der Waals surface area contributed by atoms with Gasteiger partial charge in [-0.15, -0.1) is 0 Å². The van der Waals surface area contributed by atoms with Crippen LogP contribution >= 0.6 is 0 Å². The van der Waals surface area contributed by atoms with Crippen molar-refractivity contribution in [3.8, 4) is 11.1 Å². The van der Waals surface area contributed by atoms with Crippen molar-refractivity contribution in [3.63, 3.8) is 0 Å². The number of aromatic nitrogens is 4. The Bertz CT molecular complexity index is 1310. The third-order valence-corrected chi connectivity index (χ3v) is 5.88. The number of aliphatic hydroxyl groups is 3. The average Bonchev–Trinajstić information content (AvgIpc) is 3.40. The fourth-order valence-corrected chi connectivity index (χ4v) is 4.06.